The lowest BCUT2D eigenvalue weighted by Crippen LogP contribution is -2.55. The highest BCUT2D eigenvalue weighted by molar-refractivity contribution is 7.20. The number of Topliss-reactive ketones (excluding diaryl/α,β-unsaturated/α-hetero) is 1. The molecule has 116 valence electrons. The normalized spacial score (nSPS) is 19.5. The van der Waals surface area contributed by atoms with Crippen molar-refractivity contribution in [1.29, 1.82) is 0 Å². The van der Waals surface area contributed by atoms with E-state index in [4.69, 9.17) is 27.9 Å². The first kappa shape index (κ1) is 16.7. The lowest BCUT2D eigenvalue weighted by Gasteiger charge is -2.33. The number of carbonyl (C=O) groups excluding carboxylic acids is 2. The van der Waals surface area contributed by atoms with E-state index < -0.39 is 6.04 Å². The molecular weight excluding hydrogens is 335 g/mol. The summed E-state index contributed by atoms with van der Waals surface area (Å²) >= 11 is 13.0. The predicted octanol–water partition coefficient (Wildman–Crippen LogP) is 2.07. The molecule has 1 aliphatic heterocycles. The third-order valence-corrected chi connectivity index (χ3v) is 4.68. The third kappa shape index (κ3) is 4.17. The van der Waals surface area contributed by atoms with E-state index in [9.17, 15) is 9.59 Å². The zero-order chi connectivity index (χ0) is 15.4. The summed E-state index contributed by atoms with van der Waals surface area (Å²) in [5, 5.41) is 2.76. The second-order valence-electron chi connectivity index (χ2n) is 4.62. The van der Waals surface area contributed by atoms with Gasteiger partial charge < -0.3 is 10.1 Å². The van der Waals surface area contributed by atoms with Gasteiger partial charge in [0.2, 0.25) is 5.91 Å². The average molecular weight is 351 g/mol. The summed E-state index contributed by atoms with van der Waals surface area (Å²) in [4.78, 5) is 26.1. The van der Waals surface area contributed by atoms with Gasteiger partial charge in [0.15, 0.2) is 5.78 Å². The molecule has 1 fully saturated rings. The number of likely N-dealkylation sites (N-methyl/N-ethyl adjacent to an activating group) is 1. The lowest BCUT2D eigenvalue weighted by molar-refractivity contribution is -0.131. The van der Waals surface area contributed by atoms with Crippen LogP contribution in [-0.2, 0) is 9.53 Å². The molecule has 0 radical (unpaired) electrons. The molecular formula is C13H16Cl2N2O3S. The van der Waals surface area contributed by atoms with Crippen molar-refractivity contribution in [2.45, 2.75) is 13.0 Å². The fraction of sp³-hybridized carbons (Fsp3) is 0.538. The highest BCUT2D eigenvalue weighted by Crippen LogP contribution is 2.31. The number of rotatable bonds is 5. The zero-order valence-electron chi connectivity index (χ0n) is 11.5. The van der Waals surface area contributed by atoms with Crippen LogP contribution in [0.2, 0.25) is 8.67 Å². The average Bonchev–Trinajstić information content (AvgIpc) is 2.78. The molecule has 2 rings (SSSR count). The topological polar surface area (TPSA) is 58.6 Å². The second kappa shape index (κ2) is 7.56. The number of thiophene rings is 1. The minimum absolute atomic E-state index is 0.123. The summed E-state index contributed by atoms with van der Waals surface area (Å²) in [6.45, 7) is 3.84. The number of halogens is 2. The summed E-state index contributed by atoms with van der Waals surface area (Å²) in [6, 6.07) is 1.12. The largest absolute Gasteiger partial charge is 0.378 e. The van der Waals surface area contributed by atoms with Crippen molar-refractivity contribution in [1.82, 2.24) is 10.2 Å². The van der Waals surface area contributed by atoms with E-state index in [0.717, 1.165) is 11.3 Å². The van der Waals surface area contributed by atoms with E-state index in [0.29, 0.717) is 33.9 Å². The van der Waals surface area contributed by atoms with Crippen LogP contribution >= 0.6 is 34.5 Å². The molecule has 5 nitrogen and oxygen atoms in total. The number of amides is 1. The second-order valence-corrected chi connectivity index (χ2v) is 6.90. The van der Waals surface area contributed by atoms with E-state index in [1.165, 1.54) is 0 Å². The van der Waals surface area contributed by atoms with Gasteiger partial charge >= 0.3 is 0 Å². The molecule has 2 heterocycles. The standard InChI is InChI=1S/C13H16Cl2N2O3S/c1-2-16-13(19)9-7-20-4-3-17(9)6-10(18)8-5-11(14)21-12(8)15/h5,9H,2-4,6-7H2,1H3,(H,16,19). The summed E-state index contributed by atoms with van der Waals surface area (Å²) in [6.07, 6.45) is 0. The first-order chi connectivity index (χ1) is 10.0. The summed E-state index contributed by atoms with van der Waals surface area (Å²) in [5.41, 5.74) is 0.410. The van der Waals surface area contributed by atoms with Gasteiger partial charge in [-0.2, -0.15) is 0 Å². The predicted molar refractivity (Wildman–Crippen MR) is 83.5 cm³/mol. The van der Waals surface area contributed by atoms with Crippen LogP contribution in [0.3, 0.4) is 0 Å². The molecule has 1 amide bonds. The Morgan fingerprint density at radius 1 is 1.52 bits per heavy atom. The van der Waals surface area contributed by atoms with Gasteiger partial charge in [-0.15, -0.1) is 11.3 Å². The van der Waals surface area contributed by atoms with Gasteiger partial charge in [-0.25, -0.2) is 0 Å². The Morgan fingerprint density at radius 2 is 2.29 bits per heavy atom. The van der Waals surface area contributed by atoms with Gasteiger partial charge in [-0.1, -0.05) is 23.2 Å². The van der Waals surface area contributed by atoms with Crippen molar-refractivity contribution in [2.75, 3.05) is 32.8 Å². The molecule has 1 saturated heterocycles. The number of hydrogen-bond donors (Lipinski definition) is 1. The molecule has 0 aliphatic carbocycles. The first-order valence-corrected chi connectivity index (χ1v) is 8.17. The van der Waals surface area contributed by atoms with Gasteiger partial charge in [0.1, 0.15) is 10.4 Å². The molecule has 1 unspecified atom stereocenters. The Morgan fingerprint density at radius 3 is 2.90 bits per heavy atom. The van der Waals surface area contributed by atoms with Gasteiger partial charge in [0.25, 0.3) is 0 Å². The molecule has 8 heteroatoms. The maximum absolute atomic E-state index is 12.3. The Hall–Kier alpha value is -0.660. The van der Waals surface area contributed by atoms with Crippen LogP contribution < -0.4 is 5.32 Å². The summed E-state index contributed by atoms with van der Waals surface area (Å²) in [7, 11) is 0. The van der Waals surface area contributed by atoms with Crippen LogP contribution in [-0.4, -0.2) is 55.5 Å². The monoisotopic (exact) mass is 350 g/mol. The van der Waals surface area contributed by atoms with Gasteiger partial charge in [0, 0.05) is 13.1 Å². The maximum atomic E-state index is 12.3. The van der Waals surface area contributed by atoms with Gasteiger partial charge in [-0.3, -0.25) is 14.5 Å². The quantitative estimate of drug-likeness (QED) is 0.826. The minimum atomic E-state index is -0.449. The molecule has 1 aliphatic rings. The Balaban J connectivity index is 2.06. The molecule has 0 aromatic carbocycles. The Kier molecular flexibility index (Phi) is 6.01. The fourth-order valence-electron chi connectivity index (χ4n) is 2.16. The van der Waals surface area contributed by atoms with Crippen molar-refractivity contribution in [3.05, 3.63) is 20.3 Å². The van der Waals surface area contributed by atoms with Crippen LogP contribution in [0.15, 0.2) is 6.07 Å². The molecule has 0 bridgehead atoms. The van der Waals surface area contributed by atoms with Gasteiger partial charge in [0.05, 0.1) is 29.7 Å². The summed E-state index contributed by atoms with van der Waals surface area (Å²) in [5.74, 6) is -0.265. The van der Waals surface area contributed by atoms with E-state index in [-0.39, 0.29) is 24.8 Å². The van der Waals surface area contributed by atoms with Crippen LogP contribution in [0, 0.1) is 0 Å². The van der Waals surface area contributed by atoms with E-state index in [2.05, 4.69) is 5.32 Å². The van der Waals surface area contributed by atoms with Crippen molar-refractivity contribution in [2.24, 2.45) is 0 Å². The SMILES string of the molecule is CCNC(=O)C1COCCN1CC(=O)c1cc(Cl)sc1Cl. The maximum Gasteiger partial charge on any atom is 0.239 e. The smallest absolute Gasteiger partial charge is 0.239 e. The summed E-state index contributed by atoms with van der Waals surface area (Å²) < 4.78 is 6.20. The number of hydrogen-bond acceptors (Lipinski definition) is 5. The fourth-order valence-corrected chi connectivity index (χ4v) is 3.66. The van der Waals surface area contributed by atoms with Crippen molar-refractivity contribution < 1.29 is 14.3 Å². The molecule has 21 heavy (non-hydrogen) atoms. The highest BCUT2D eigenvalue weighted by Gasteiger charge is 2.31. The number of ether oxygens (including phenoxy) is 1. The number of nitrogens with one attached hydrogen (secondary N) is 1. The van der Waals surface area contributed by atoms with Crippen LogP contribution in [0.1, 0.15) is 17.3 Å². The Bertz CT molecular complexity index is 535. The number of morpholine rings is 1. The number of ketones is 1. The Labute approximate surface area is 137 Å². The van der Waals surface area contributed by atoms with Gasteiger partial charge in [-0.05, 0) is 13.0 Å². The number of carbonyl (C=O) groups is 2. The van der Waals surface area contributed by atoms with E-state index >= 15 is 0 Å². The molecule has 1 aromatic heterocycles. The van der Waals surface area contributed by atoms with Crippen LogP contribution in [0.5, 0.6) is 0 Å². The minimum Gasteiger partial charge on any atom is -0.378 e. The molecule has 1 N–H and O–H groups in total. The third-order valence-electron chi connectivity index (χ3n) is 3.20. The molecule has 1 atom stereocenters. The van der Waals surface area contributed by atoms with Crippen LogP contribution in [0.25, 0.3) is 0 Å². The highest BCUT2D eigenvalue weighted by atomic mass is 35.5. The van der Waals surface area contributed by atoms with Crippen molar-refractivity contribution in [3.63, 3.8) is 0 Å². The molecule has 0 spiro atoms. The molecule has 0 saturated carbocycles. The zero-order valence-corrected chi connectivity index (χ0v) is 13.9. The molecule has 1 aromatic rings. The van der Waals surface area contributed by atoms with Crippen LogP contribution in [0.4, 0.5) is 0 Å². The lowest BCUT2D eigenvalue weighted by atomic mass is 10.1. The van der Waals surface area contributed by atoms with Crippen molar-refractivity contribution >= 4 is 46.2 Å². The first-order valence-electron chi connectivity index (χ1n) is 6.60. The van der Waals surface area contributed by atoms with Crippen molar-refractivity contribution in [3.8, 4) is 0 Å². The van der Waals surface area contributed by atoms with E-state index in [1.54, 1.807) is 6.07 Å². The number of nitrogens with zero attached hydrogens (tertiary/aromatic N) is 1. The van der Waals surface area contributed by atoms with E-state index in [1.807, 2.05) is 11.8 Å².